The van der Waals surface area contributed by atoms with Crippen LogP contribution in [0.15, 0.2) is 35.1 Å². The van der Waals surface area contributed by atoms with Crippen molar-refractivity contribution in [3.05, 3.63) is 57.5 Å². The Morgan fingerprint density at radius 1 is 1.08 bits per heavy atom. The second kappa shape index (κ2) is 9.94. The van der Waals surface area contributed by atoms with E-state index in [0.29, 0.717) is 0 Å². The minimum absolute atomic E-state index is 0.191. The molecule has 4 heteroatoms. The minimum atomic E-state index is -0.314. The summed E-state index contributed by atoms with van der Waals surface area (Å²) in [6.45, 7) is 9.26. The first-order chi connectivity index (χ1) is 12.6. The maximum atomic E-state index is 12.2. The lowest BCUT2D eigenvalue weighted by atomic mass is 9.96. The molecular formula is C22H29N3O. The molecule has 4 nitrogen and oxygen atoms in total. The van der Waals surface area contributed by atoms with Crippen molar-refractivity contribution in [2.75, 3.05) is 13.1 Å². The number of hydrogen-bond donors (Lipinski definition) is 1. The monoisotopic (exact) mass is 351 g/mol. The molecule has 1 aromatic heterocycles. The Labute approximate surface area is 156 Å². The summed E-state index contributed by atoms with van der Waals surface area (Å²) >= 11 is 0. The molecular weight excluding hydrogens is 322 g/mol. The Morgan fingerprint density at radius 3 is 2.35 bits per heavy atom. The third-order valence-electron chi connectivity index (χ3n) is 4.64. The van der Waals surface area contributed by atoms with Gasteiger partial charge in [0.15, 0.2) is 0 Å². The van der Waals surface area contributed by atoms with E-state index in [1.54, 1.807) is 0 Å². The third kappa shape index (κ3) is 5.06. The highest BCUT2D eigenvalue weighted by atomic mass is 16.1. The van der Waals surface area contributed by atoms with E-state index < -0.39 is 0 Å². The Morgan fingerprint density at radius 2 is 1.73 bits per heavy atom. The van der Waals surface area contributed by atoms with Gasteiger partial charge in [0, 0.05) is 17.8 Å². The van der Waals surface area contributed by atoms with Gasteiger partial charge in [-0.2, -0.15) is 5.26 Å². The molecule has 1 heterocycles. The van der Waals surface area contributed by atoms with Crippen LogP contribution in [0.5, 0.6) is 0 Å². The molecule has 26 heavy (non-hydrogen) atoms. The number of rotatable bonds is 9. The highest BCUT2D eigenvalue weighted by Gasteiger charge is 2.15. The zero-order valence-corrected chi connectivity index (χ0v) is 16.1. The fourth-order valence-electron chi connectivity index (χ4n) is 3.21. The molecule has 0 spiro atoms. The SMILES string of the molecule is CCCCN(CCCC)Cc1ccccc1-c1cc(C)[nH]c(=O)c1C#N. The van der Waals surface area contributed by atoms with Crippen LogP contribution in [0.25, 0.3) is 11.1 Å². The molecule has 0 bridgehead atoms. The Bertz CT molecular complexity index is 809. The highest BCUT2D eigenvalue weighted by Crippen LogP contribution is 2.27. The van der Waals surface area contributed by atoms with E-state index in [1.165, 1.54) is 31.2 Å². The third-order valence-corrected chi connectivity index (χ3v) is 4.64. The van der Waals surface area contributed by atoms with E-state index in [-0.39, 0.29) is 11.1 Å². The first-order valence-electron chi connectivity index (χ1n) is 9.55. The highest BCUT2D eigenvalue weighted by molar-refractivity contribution is 5.73. The van der Waals surface area contributed by atoms with Crippen LogP contribution < -0.4 is 5.56 Å². The van der Waals surface area contributed by atoms with Gasteiger partial charge in [0.1, 0.15) is 11.6 Å². The number of aryl methyl sites for hydroxylation is 1. The van der Waals surface area contributed by atoms with Crippen molar-refractivity contribution < 1.29 is 0 Å². The van der Waals surface area contributed by atoms with Gasteiger partial charge in [0.25, 0.3) is 5.56 Å². The fourth-order valence-corrected chi connectivity index (χ4v) is 3.21. The maximum Gasteiger partial charge on any atom is 0.266 e. The van der Waals surface area contributed by atoms with Crippen LogP contribution in [-0.2, 0) is 6.54 Å². The van der Waals surface area contributed by atoms with Crippen molar-refractivity contribution in [1.82, 2.24) is 9.88 Å². The Balaban J connectivity index is 2.42. The standard InChI is InChI=1S/C22H29N3O/c1-4-6-12-25(13-7-5-2)16-18-10-8-9-11-19(18)20-14-17(3)24-22(26)21(20)15-23/h8-11,14H,4-7,12-13,16H2,1-3H3,(H,24,26). The van der Waals surface area contributed by atoms with E-state index in [1.807, 2.05) is 31.2 Å². The number of aromatic amines is 1. The van der Waals surface area contributed by atoms with Crippen LogP contribution in [0.3, 0.4) is 0 Å². The number of nitriles is 1. The number of unbranched alkanes of at least 4 members (excludes halogenated alkanes) is 2. The zero-order chi connectivity index (χ0) is 18.9. The molecule has 0 unspecified atom stereocenters. The predicted molar refractivity (Wildman–Crippen MR) is 107 cm³/mol. The Hall–Kier alpha value is -2.38. The lowest BCUT2D eigenvalue weighted by Crippen LogP contribution is -2.26. The smallest absolute Gasteiger partial charge is 0.266 e. The van der Waals surface area contributed by atoms with E-state index in [9.17, 15) is 10.1 Å². The molecule has 1 N–H and O–H groups in total. The molecule has 0 atom stereocenters. The molecule has 0 aliphatic rings. The summed E-state index contributed by atoms with van der Waals surface area (Å²) in [4.78, 5) is 17.4. The van der Waals surface area contributed by atoms with Crippen LogP contribution in [0.4, 0.5) is 0 Å². The van der Waals surface area contributed by atoms with Gasteiger partial charge in [-0.05, 0) is 50.0 Å². The van der Waals surface area contributed by atoms with Gasteiger partial charge in [0.2, 0.25) is 0 Å². The molecule has 0 radical (unpaired) electrons. The maximum absolute atomic E-state index is 12.2. The second-order valence-corrected chi connectivity index (χ2v) is 6.82. The average molecular weight is 351 g/mol. The summed E-state index contributed by atoms with van der Waals surface area (Å²) < 4.78 is 0. The van der Waals surface area contributed by atoms with Crippen LogP contribution in [0, 0.1) is 18.3 Å². The Kier molecular flexibility index (Phi) is 7.62. The van der Waals surface area contributed by atoms with E-state index in [4.69, 9.17) is 0 Å². The van der Waals surface area contributed by atoms with E-state index in [0.717, 1.165) is 36.5 Å². The first-order valence-corrected chi connectivity index (χ1v) is 9.55. The molecule has 0 aliphatic carbocycles. The van der Waals surface area contributed by atoms with Crippen molar-refractivity contribution in [2.24, 2.45) is 0 Å². The summed E-state index contributed by atoms with van der Waals surface area (Å²) in [6, 6.07) is 12.1. The minimum Gasteiger partial charge on any atom is -0.325 e. The average Bonchev–Trinajstić information content (AvgIpc) is 2.63. The van der Waals surface area contributed by atoms with Crippen LogP contribution in [-0.4, -0.2) is 23.0 Å². The number of nitrogens with one attached hydrogen (secondary N) is 1. The summed E-state index contributed by atoms with van der Waals surface area (Å²) in [5, 5.41) is 9.48. The van der Waals surface area contributed by atoms with Gasteiger partial charge in [0.05, 0.1) is 0 Å². The van der Waals surface area contributed by atoms with Crippen molar-refractivity contribution in [3.8, 4) is 17.2 Å². The molecule has 1 aromatic carbocycles. The lowest BCUT2D eigenvalue weighted by Gasteiger charge is -2.23. The van der Waals surface area contributed by atoms with Crippen LogP contribution in [0.2, 0.25) is 0 Å². The van der Waals surface area contributed by atoms with Crippen molar-refractivity contribution >= 4 is 0 Å². The lowest BCUT2D eigenvalue weighted by molar-refractivity contribution is 0.257. The molecule has 0 amide bonds. The molecule has 0 fully saturated rings. The van der Waals surface area contributed by atoms with Gasteiger partial charge in [-0.25, -0.2) is 0 Å². The summed E-state index contributed by atoms with van der Waals surface area (Å²) in [6.07, 6.45) is 4.71. The summed E-state index contributed by atoms with van der Waals surface area (Å²) in [5.41, 5.74) is 3.53. The zero-order valence-electron chi connectivity index (χ0n) is 16.1. The van der Waals surface area contributed by atoms with Crippen LogP contribution >= 0.6 is 0 Å². The van der Waals surface area contributed by atoms with E-state index in [2.05, 4.69) is 35.9 Å². The number of nitrogens with zero attached hydrogens (tertiary/aromatic N) is 2. The van der Waals surface area contributed by atoms with Crippen molar-refractivity contribution in [1.29, 1.82) is 5.26 Å². The molecule has 2 rings (SSSR count). The first kappa shape index (κ1) is 19.9. The van der Waals surface area contributed by atoms with Crippen molar-refractivity contribution in [3.63, 3.8) is 0 Å². The largest absolute Gasteiger partial charge is 0.325 e. The number of aromatic nitrogens is 1. The van der Waals surface area contributed by atoms with Gasteiger partial charge in [-0.1, -0.05) is 51.0 Å². The molecule has 2 aromatic rings. The second-order valence-electron chi connectivity index (χ2n) is 6.82. The predicted octanol–water partition coefficient (Wildman–Crippen LogP) is 4.62. The fraction of sp³-hybridized carbons (Fsp3) is 0.455. The normalized spacial score (nSPS) is 10.9. The van der Waals surface area contributed by atoms with Gasteiger partial charge in [-0.15, -0.1) is 0 Å². The molecule has 0 aliphatic heterocycles. The van der Waals surface area contributed by atoms with Crippen molar-refractivity contribution in [2.45, 2.75) is 53.0 Å². The molecule has 138 valence electrons. The number of pyridine rings is 1. The van der Waals surface area contributed by atoms with Gasteiger partial charge < -0.3 is 4.98 Å². The molecule has 0 saturated heterocycles. The molecule has 0 saturated carbocycles. The topological polar surface area (TPSA) is 59.9 Å². The summed E-state index contributed by atoms with van der Waals surface area (Å²) in [7, 11) is 0. The van der Waals surface area contributed by atoms with Gasteiger partial charge in [-0.3, -0.25) is 9.69 Å². The quantitative estimate of drug-likeness (QED) is 0.717. The van der Waals surface area contributed by atoms with Gasteiger partial charge >= 0.3 is 0 Å². The number of hydrogen-bond acceptors (Lipinski definition) is 3. The van der Waals surface area contributed by atoms with E-state index >= 15 is 0 Å². The number of H-pyrrole nitrogens is 1. The van der Waals surface area contributed by atoms with Crippen LogP contribution in [0.1, 0.15) is 56.4 Å². The number of benzene rings is 1. The summed E-state index contributed by atoms with van der Waals surface area (Å²) in [5.74, 6) is 0.